The number of aliphatic hydroxyl groups excluding tert-OH is 1. The summed E-state index contributed by atoms with van der Waals surface area (Å²) in [5.41, 5.74) is 0.859. The molecule has 0 aromatic heterocycles. The minimum absolute atomic E-state index is 0.128. The van der Waals surface area contributed by atoms with Crippen molar-refractivity contribution in [3.63, 3.8) is 0 Å². The molecule has 1 rings (SSSR count). The zero-order chi connectivity index (χ0) is 10.6. The molecule has 4 heteroatoms. The molecule has 0 saturated heterocycles. The highest BCUT2D eigenvalue weighted by atomic mass is 19.1. The number of benzene rings is 1. The van der Waals surface area contributed by atoms with E-state index in [0.29, 0.717) is 5.56 Å². The lowest BCUT2D eigenvalue weighted by Gasteiger charge is -2.14. The number of nitrogens with zero attached hydrogens (tertiary/aromatic N) is 1. The number of hydrogen-bond donors (Lipinski definition) is 2. The molecule has 3 nitrogen and oxygen atoms in total. The van der Waals surface area contributed by atoms with Crippen LogP contribution in [0.5, 0.6) is 0 Å². The van der Waals surface area contributed by atoms with Crippen LogP contribution in [0.4, 0.5) is 4.39 Å². The van der Waals surface area contributed by atoms with Gasteiger partial charge in [-0.1, -0.05) is 6.07 Å². The number of hydrogen-bond acceptors (Lipinski definition) is 3. The molecule has 0 amide bonds. The van der Waals surface area contributed by atoms with Gasteiger partial charge in [-0.3, -0.25) is 0 Å². The Kier molecular flexibility index (Phi) is 3.57. The van der Waals surface area contributed by atoms with Gasteiger partial charge in [0, 0.05) is 0 Å². The summed E-state index contributed by atoms with van der Waals surface area (Å²) >= 11 is 0. The third-order valence-electron chi connectivity index (χ3n) is 2.04. The first kappa shape index (κ1) is 10.6. The van der Waals surface area contributed by atoms with Gasteiger partial charge in [0.05, 0.1) is 24.3 Å². The van der Waals surface area contributed by atoms with Crippen molar-refractivity contribution in [2.24, 2.45) is 0 Å². The minimum atomic E-state index is -0.446. The largest absolute Gasteiger partial charge is 0.394 e. The second-order valence-electron chi connectivity index (χ2n) is 2.87. The van der Waals surface area contributed by atoms with E-state index in [2.05, 4.69) is 5.32 Å². The van der Waals surface area contributed by atoms with Crippen molar-refractivity contribution >= 4 is 0 Å². The van der Waals surface area contributed by atoms with Crippen LogP contribution in [0.25, 0.3) is 0 Å². The van der Waals surface area contributed by atoms with Crippen molar-refractivity contribution in [1.82, 2.24) is 5.32 Å². The molecule has 1 unspecified atom stereocenters. The Balaban J connectivity index is 3.14. The van der Waals surface area contributed by atoms with E-state index < -0.39 is 5.82 Å². The van der Waals surface area contributed by atoms with Crippen LogP contribution in [0.15, 0.2) is 18.2 Å². The smallest absolute Gasteiger partial charge is 0.124 e. The number of aliphatic hydroxyl groups is 1. The molecule has 0 fully saturated rings. The molecule has 1 atom stereocenters. The van der Waals surface area contributed by atoms with Gasteiger partial charge in [0.15, 0.2) is 0 Å². The summed E-state index contributed by atoms with van der Waals surface area (Å²) in [6, 6.07) is 5.51. The van der Waals surface area contributed by atoms with E-state index in [9.17, 15) is 4.39 Å². The van der Waals surface area contributed by atoms with Gasteiger partial charge in [0.2, 0.25) is 0 Å². The van der Waals surface area contributed by atoms with Gasteiger partial charge in [-0.2, -0.15) is 5.26 Å². The van der Waals surface area contributed by atoms with Crippen molar-refractivity contribution in [2.75, 3.05) is 13.7 Å². The Morgan fingerprint density at radius 2 is 2.36 bits per heavy atom. The van der Waals surface area contributed by atoms with Gasteiger partial charge in [0.25, 0.3) is 0 Å². The van der Waals surface area contributed by atoms with Gasteiger partial charge in [0.1, 0.15) is 5.82 Å². The third kappa shape index (κ3) is 2.08. The standard InChI is InChI=1S/C10H11FN2O/c1-13-10(6-14)9-3-2-8(11)4-7(9)5-12/h2-4,10,13-14H,6H2,1H3. The highest BCUT2D eigenvalue weighted by Gasteiger charge is 2.12. The fourth-order valence-corrected chi connectivity index (χ4v) is 1.27. The van der Waals surface area contributed by atoms with E-state index in [-0.39, 0.29) is 18.2 Å². The lowest BCUT2D eigenvalue weighted by molar-refractivity contribution is 0.250. The van der Waals surface area contributed by atoms with E-state index in [0.717, 1.165) is 6.07 Å². The molecule has 0 spiro atoms. The monoisotopic (exact) mass is 194 g/mol. The molecule has 0 saturated carbocycles. The summed E-state index contributed by atoms with van der Waals surface area (Å²) in [6.07, 6.45) is 0. The summed E-state index contributed by atoms with van der Waals surface area (Å²) in [5.74, 6) is -0.446. The first-order chi connectivity index (χ1) is 6.72. The second kappa shape index (κ2) is 4.70. The van der Waals surface area contributed by atoms with Gasteiger partial charge in [-0.15, -0.1) is 0 Å². The Bertz CT molecular complexity index is 356. The van der Waals surface area contributed by atoms with E-state index in [4.69, 9.17) is 10.4 Å². The Hall–Kier alpha value is -1.44. The molecule has 0 heterocycles. The Labute approximate surface area is 81.8 Å². The van der Waals surface area contributed by atoms with Crippen molar-refractivity contribution in [3.05, 3.63) is 35.1 Å². The Morgan fingerprint density at radius 1 is 1.64 bits per heavy atom. The molecule has 74 valence electrons. The van der Waals surface area contributed by atoms with Crippen molar-refractivity contribution in [3.8, 4) is 6.07 Å². The first-order valence-electron chi connectivity index (χ1n) is 4.20. The summed E-state index contributed by atoms with van der Waals surface area (Å²) in [5, 5.41) is 20.6. The predicted molar refractivity (Wildman–Crippen MR) is 50.0 cm³/mol. The van der Waals surface area contributed by atoms with Gasteiger partial charge in [-0.25, -0.2) is 4.39 Å². The molecule has 14 heavy (non-hydrogen) atoms. The van der Waals surface area contributed by atoms with E-state index in [1.165, 1.54) is 12.1 Å². The minimum Gasteiger partial charge on any atom is -0.394 e. The van der Waals surface area contributed by atoms with Crippen LogP contribution in [-0.2, 0) is 0 Å². The van der Waals surface area contributed by atoms with E-state index in [1.807, 2.05) is 6.07 Å². The molecule has 0 aliphatic heterocycles. The summed E-state index contributed by atoms with van der Waals surface area (Å²) < 4.78 is 12.8. The third-order valence-corrected chi connectivity index (χ3v) is 2.04. The molecular weight excluding hydrogens is 183 g/mol. The van der Waals surface area contributed by atoms with Crippen molar-refractivity contribution < 1.29 is 9.50 Å². The lowest BCUT2D eigenvalue weighted by Crippen LogP contribution is -2.21. The number of nitriles is 1. The van der Waals surface area contributed by atoms with Gasteiger partial charge in [-0.05, 0) is 24.7 Å². The lowest BCUT2D eigenvalue weighted by atomic mass is 10.0. The summed E-state index contributed by atoms with van der Waals surface area (Å²) in [7, 11) is 1.67. The quantitative estimate of drug-likeness (QED) is 0.753. The molecule has 1 aromatic rings. The molecule has 1 aromatic carbocycles. The van der Waals surface area contributed by atoms with Crippen LogP contribution in [-0.4, -0.2) is 18.8 Å². The zero-order valence-corrected chi connectivity index (χ0v) is 7.79. The van der Waals surface area contributed by atoms with Gasteiger partial charge < -0.3 is 10.4 Å². The van der Waals surface area contributed by atoms with E-state index in [1.54, 1.807) is 7.05 Å². The van der Waals surface area contributed by atoms with Crippen LogP contribution in [0.1, 0.15) is 17.2 Å². The van der Waals surface area contributed by atoms with Crippen LogP contribution < -0.4 is 5.32 Å². The summed E-state index contributed by atoms with van der Waals surface area (Å²) in [6.45, 7) is -0.128. The molecule has 0 aliphatic carbocycles. The predicted octanol–water partition coefficient (Wildman–Crippen LogP) is 0.950. The van der Waals surface area contributed by atoms with Crippen molar-refractivity contribution in [2.45, 2.75) is 6.04 Å². The molecule has 2 N–H and O–H groups in total. The van der Waals surface area contributed by atoms with E-state index >= 15 is 0 Å². The average Bonchev–Trinajstić information content (AvgIpc) is 2.21. The average molecular weight is 194 g/mol. The van der Waals surface area contributed by atoms with Crippen LogP contribution >= 0.6 is 0 Å². The number of likely N-dealkylation sites (N-methyl/N-ethyl adjacent to an activating group) is 1. The Morgan fingerprint density at radius 3 is 2.86 bits per heavy atom. The second-order valence-corrected chi connectivity index (χ2v) is 2.87. The van der Waals surface area contributed by atoms with Gasteiger partial charge >= 0.3 is 0 Å². The maximum Gasteiger partial charge on any atom is 0.124 e. The molecule has 0 radical (unpaired) electrons. The fraction of sp³-hybridized carbons (Fsp3) is 0.300. The molecule has 0 bridgehead atoms. The number of halogens is 1. The van der Waals surface area contributed by atoms with Crippen LogP contribution in [0.2, 0.25) is 0 Å². The van der Waals surface area contributed by atoms with Crippen LogP contribution in [0.3, 0.4) is 0 Å². The maximum atomic E-state index is 12.8. The van der Waals surface area contributed by atoms with Crippen LogP contribution in [0, 0.1) is 17.1 Å². The first-order valence-corrected chi connectivity index (χ1v) is 4.20. The molecular formula is C10H11FN2O. The SMILES string of the molecule is CNC(CO)c1ccc(F)cc1C#N. The normalized spacial score (nSPS) is 12.1. The van der Waals surface area contributed by atoms with Crippen molar-refractivity contribution in [1.29, 1.82) is 5.26 Å². The topological polar surface area (TPSA) is 56.0 Å². The maximum absolute atomic E-state index is 12.8. The molecule has 0 aliphatic rings. The fourth-order valence-electron chi connectivity index (χ4n) is 1.27. The highest BCUT2D eigenvalue weighted by molar-refractivity contribution is 5.39. The number of rotatable bonds is 3. The summed E-state index contributed by atoms with van der Waals surface area (Å²) in [4.78, 5) is 0. The zero-order valence-electron chi connectivity index (χ0n) is 7.79. The number of nitrogens with one attached hydrogen (secondary N) is 1. The highest BCUT2D eigenvalue weighted by Crippen LogP contribution is 2.17.